The molecule has 2 heterocycles. The largest absolute Gasteiger partial charge is 0.349 e. The molecule has 3 nitrogen and oxygen atoms in total. The molecule has 1 N–H and O–H groups in total. The second-order valence-corrected chi connectivity index (χ2v) is 5.87. The van der Waals surface area contributed by atoms with Crippen LogP contribution in [-0.4, -0.2) is 16.6 Å². The maximum absolute atomic E-state index is 4.28. The minimum absolute atomic E-state index is 0.518. The standard InChI is InChI=1S/C17H23N3/c1-13-7-14(9-19-8-13)10-20-11-15-5-3-4-6-17(18-2)16(15)12-20/h7-9,11-12,17-18H,3-6,10H2,1-2H3. The third kappa shape index (κ3) is 2.78. The Labute approximate surface area is 121 Å². The van der Waals surface area contributed by atoms with Crippen LogP contribution in [0.3, 0.4) is 0 Å². The SMILES string of the molecule is CNC1CCCCc2cn(Cc3cncc(C)c3)cc21. The van der Waals surface area contributed by atoms with Gasteiger partial charge in [0.05, 0.1) is 0 Å². The van der Waals surface area contributed by atoms with Gasteiger partial charge in [-0.05, 0) is 55.5 Å². The second-order valence-electron chi connectivity index (χ2n) is 5.87. The Morgan fingerprint density at radius 2 is 2.20 bits per heavy atom. The lowest BCUT2D eigenvalue weighted by molar-refractivity contribution is 0.531. The van der Waals surface area contributed by atoms with Gasteiger partial charge in [-0.1, -0.05) is 12.5 Å². The molecule has 0 amide bonds. The van der Waals surface area contributed by atoms with Crippen molar-refractivity contribution in [1.82, 2.24) is 14.9 Å². The van der Waals surface area contributed by atoms with Gasteiger partial charge < -0.3 is 9.88 Å². The van der Waals surface area contributed by atoms with Crippen molar-refractivity contribution in [2.24, 2.45) is 0 Å². The molecule has 1 aliphatic carbocycles. The molecular weight excluding hydrogens is 246 g/mol. The van der Waals surface area contributed by atoms with E-state index in [-0.39, 0.29) is 0 Å². The van der Waals surface area contributed by atoms with Crippen LogP contribution in [-0.2, 0) is 13.0 Å². The van der Waals surface area contributed by atoms with Crippen LogP contribution in [0, 0.1) is 6.92 Å². The lowest BCUT2D eigenvalue weighted by Crippen LogP contribution is -2.15. The van der Waals surface area contributed by atoms with E-state index < -0.39 is 0 Å². The van der Waals surface area contributed by atoms with Gasteiger partial charge >= 0.3 is 0 Å². The Morgan fingerprint density at radius 1 is 1.30 bits per heavy atom. The summed E-state index contributed by atoms with van der Waals surface area (Å²) in [4.78, 5) is 4.28. The molecule has 1 atom stereocenters. The maximum atomic E-state index is 4.28. The summed E-state index contributed by atoms with van der Waals surface area (Å²) in [6, 6.07) is 2.73. The van der Waals surface area contributed by atoms with Gasteiger partial charge in [0.1, 0.15) is 0 Å². The molecule has 106 valence electrons. The summed E-state index contributed by atoms with van der Waals surface area (Å²) >= 11 is 0. The van der Waals surface area contributed by atoms with Gasteiger partial charge in [0.15, 0.2) is 0 Å². The van der Waals surface area contributed by atoms with Gasteiger partial charge in [0.25, 0.3) is 0 Å². The minimum Gasteiger partial charge on any atom is -0.349 e. The lowest BCUT2D eigenvalue weighted by atomic mass is 10.1. The Hall–Kier alpha value is -1.61. The first kappa shape index (κ1) is 13.4. The van der Waals surface area contributed by atoms with E-state index in [1.165, 1.54) is 47.9 Å². The molecule has 0 saturated heterocycles. The number of pyridine rings is 1. The highest BCUT2D eigenvalue weighted by molar-refractivity contribution is 5.30. The predicted molar refractivity (Wildman–Crippen MR) is 81.9 cm³/mol. The van der Waals surface area contributed by atoms with Crippen molar-refractivity contribution >= 4 is 0 Å². The average Bonchev–Trinajstić information content (AvgIpc) is 2.72. The van der Waals surface area contributed by atoms with E-state index in [2.05, 4.69) is 47.3 Å². The first-order valence-electron chi connectivity index (χ1n) is 7.52. The summed E-state index contributed by atoms with van der Waals surface area (Å²) in [5, 5.41) is 3.46. The van der Waals surface area contributed by atoms with E-state index in [0.717, 1.165) is 6.54 Å². The van der Waals surface area contributed by atoms with Crippen LogP contribution >= 0.6 is 0 Å². The molecular formula is C17H23N3. The van der Waals surface area contributed by atoms with E-state index in [0.29, 0.717) is 6.04 Å². The van der Waals surface area contributed by atoms with E-state index >= 15 is 0 Å². The van der Waals surface area contributed by atoms with Gasteiger partial charge in [-0.15, -0.1) is 0 Å². The van der Waals surface area contributed by atoms with E-state index in [9.17, 15) is 0 Å². The van der Waals surface area contributed by atoms with Crippen molar-refractivity contribution in [3.05, 3.63) is 53.1 Å². The predicted octanol–water partition coefficient (Wildman–Crippen LogP) is 3.23. The normalized spacial score (nSPS) is 18.6. The number of nitrogens with zero attached hydrogens (tertiary/aromatic N) is 2. The molecule has 0 spiro atoms. The van der Waals surface area contributed by atoms with Crippen molar-refractivity contribution in [2.45, 2.75) is 45.2 Å². The second kappa shape index (κ2) is 5.80. The molecule has 0 bridgehead atoms. The van der Waals surface area contributed by atoms with Crippen LogP contribution in [0.2, 0.25) is 0 Å². The molecule has 0 fully saturated rings. The van der Waals surface area contributed by atoms with Crippen molar-refractivity contribution in [2.75, 3.05) is 7.05 Å². The highest BCUT2D eigenvalue weighted by Crippen LogP contribution is 2.29. The van der Waals surface area contributed by atoms with Crippen LogP contribution in [0.1, 0.15) is 47.6 Å². The topological polar surface area (TPSA) is 29.9 Å². The quantitative estimate of drug-likeness (QED) is 0.867. The molecule has 0 radical (unpaired) electrons. The number of aryl methyl sites for hydroxylation is 2. The average molecular weight is 269 g/mol. The Balaban J connectivity index is 1.85. The first-order chi connectivity index (χ1) is 9.76. The highest BCUT2D eigenvalue weighted by Gasteiger charge is 2.19. The van der Waals surface area contributed by atoms with Crippen molar-refractivity contribution < 1.29 is 0 Å². The van der Waals surface area contributed by atoms with Gasteiger partial charge in [0.2, 0.25) is 0 Å². The zero-order valence-electron chi connectivity index (χ0n) is 12.4. The smallest absolute Gasteiger partial charge is 0.0485 e. The summed E-state index contributed by atoms with van der Waals surface area (Å²) in [6.45, 7) is 3.01. The first-order valence-corrected chi connectivity index (χ1v) is 7.52. The molecule has 0 aromatic carbocycles. The Morgan fingerprint density at radius 3 is 3.00 bits per heavy atom. The Bertz CT molecular complexity index is 586. The Kier molecular flexibility index (Phi) is 3.88. The van der Waals surface area contributed by atoms with Crippen LogP contribution in [0.4, 0.5) is 0 Å². The fourth-order valence-electron chi connectivity index (χ4n) is 3.22. The van der Waals surface area contributed by atoms with Gasteiger partial charge in [0, 0.05) is 37.4 Å². The fraction of sp³-hybridized carbons (Fsp3) is 0.471. The number of hydrogen-bond donors (Lipinski definition) is 1. The van der Waals surface area contributed by atoms with Crippen LogP contribution in [0.5, 0.6) is 0 Å². The molecule has 20 heavy (non-hydrogen) atoms. The monoisotopic (exact) mass is 269 g/mol. The van der Waals surface area contributed by atoms with Gasteiger partial charge in [-0.25, -0.2) is 0 Å². The molecule has 0 aliphatic heterocycles. The van der Waals surface area contributed by atoms with Crippen molar-refractivity contribution in [3.63, 3.8) is 0 Å². The molecule has 2 aromatic heterocycles. The summed E-state index contributed by atoms with van der Waals surface area (Å²) in [5.41, 5.74) is 5.51. The molecule has 3 rings (SSSR count). The number of hydrogen-bond acceptors (Lipinski definition) is 2. The van der Waals surface area contributed by atoms with E-state index in [1.807, 2.05) is 12.4 Å². The molecule has 3 heteroatoms. The van der Waals surface area contributed by atoms with Gasteiger partial charge in [-0.2, -0.15) is 0 Å². The third-order valence-corrected chi connectivity index (χ3v) is 4.21. The number of aromatic nitrogens is 2. The minimum atomic E-state index is 0.518. The fourth-order valence-corrected chi connectivity index (χ4v) is 3.22. The maximum Gasteiger partial charge on any atom is 0.0485 e. The van der Waals surface area contributed by atoms with Crippen LogP contribution in [0.25, 0.3) is 0 Å². The molecule has 0 saturated carbocycles. The summed E-state index contributed by atoms with van der Waals surface area (Å²) in [7, 11) is 2.07. The number of nitrogens with one attached hydrogen (secondary N) is 1. The van der Waals surface area contributed by atoms with Crippen LogP contribution in [0.15, 0.2) is 30.9 Å². The molecule has 2 aromatic rings. The van der Waals surface area contributed by atoms with Crippen molar-refractivity contribution in [1.29, 1.82) is 0 Å². The summed E-state index contributed by atoms with van der Waals surface area (Å²) in [6.07, 6.45) is 13.6. The van der Waals surface area contributed by atoms with Crippen molar-refractivity contribution in [3.8, 4) is 0 Å². The van der Waals surface area contributed by atoms with Gasteiger partial charge in [-0.3, -0.25) is 4.98 Å². The number of rotatable bonds is 3. The van der Waals surface area contributed by atoms with Crippen LogP contribution < -0.4 is 5.32 Å². The summed E-state index contributed by atoms with van der Waals surface area (Å²) in [5.74, 6) is 0. The summed E-state index contributed by atoms with van der Waals surface area (Å²) < 4.78 is 2.32. The number of fused-ring (bicyclic) bond motifs is 1. The van der Waals surface area contributed by atoms with E-state index in [4.69, 9.17) is 0 Å². The van der Waals surface area contributed by atoms with E-state index in [1.54, 1.807) is 0 Å². The zero-order valence-corrected chi connectivity index (χ0v) is 12.4. The lowest BCUT2D eigenvalue weighted by Gasteiger charge is -2.13. The molecule has 1 aliphatic rings. The highest BCUT2D eigenvalue weighted by atomic mass is 15.0. The third-order valence-electron chi connectivity index (χ3n) is 4.21. The zero-order chi connectivity index (χ0) is 13.9. The molecule has 1 unspecified atom stereocenters.